The maximum absolute atomic E-state index is 11.9. The molecule has 2 N–H and O–H groups in total. The molecule has 1 aliphatic rings. The maximum atomic E-state index is 11.9. The van der Waals surface area contributed by atoms with Gasteiger partial charge in [0.25, 0.3) is 0 Å². The Bertz CT molecular complexity index is 486. The van der Waals surface area contributed by atoms with Crippen LogP contribution in [0.15, 0.2) is 12.4 Å². The first-order chi connectivity index (χ1) is 9.54. The summed E-state index contributed by atoms with van der Waals surface area (Å²) in [6.45, 7) is 4.27. The molecule has 2 heterocycles. The largest absolute Gasteiger partial charge is 0.481 e. The number of hydrogen-bond acceptors (Lipinski definition) is 3. The smallest absolute Gasteiger partial charge is 0.317 e. The SMILES string of the molecule is Cc1cnn(CCNC(=O)N2CCC(CC(=O)O)C2)c1. The van der Waals surface area contributed by atoms with Gasteiger partial charge in [-0.25, -0.2) is 4.79 Å². The Balaban J connectivity index is 1.69. The second kappa shape index (κ2) is 6.40. The summed E-state index contributed by atoms with van der Waals surface area (Å²) in [4.78, 5) is 24.2. The molecule has 1 unspecified atom stereocenters. The van der Waals surface area contributed by atoms with Gasteiger partial charge in [-0.2, -0.15) is 5.10 Å². The topological polar surface area (TPSA) is 87.5 Å². The standard InChI is InChI=1S/C13H20N4O3/c1-10-7-15-17(8-10)5-3-14-13(20)16-4-2-11(9-16)6-12(18)19/h7-8,11H,2-6,9H2,1H3,(H,14,20)(H,18,19). The van der Waals surface area contributed by atoms with Crippen molar-refractivity contribution >= 4 is 12.0 Å². The Morgan fingerprint density at radius 3 is 3.00 bits per heavy atom. The van der Waals surface area contributed by atoms with Crippen LogP contribution in [0, 0.1) is 12.8 Å². The van der Waals surface area contributed by atoms with Crippen molar-refractivity contribution in [3.63, 3.8) is 0 Å². The maximum Gasteiger partial charge on any atom is 0.317 e. The second-order valence-electron chi connectivity index (χ2n) is 5.21. The lowest BCUT2D eigenvalue weighted by atomic mass is 10.1. The van der Waals surface area contributed by atoms with Crippen LogP contribution in [-0.2, 0) is 11.3 Å². The van der Waals surface area contributed by atoms with E-state index in [0.717, 1.165) is 12.0 Å². The number of urea groups is 1. The number of rotatable bonds is 5. The van der Waals surface area contributed by atoms with Gasteiger partial charge in [-0.1, -0.05) is 0 Å². The molecule has 0 bridgehead atoms. The van der Waals surface area contributed by atoms with E-state index >= 15 is 0 Å². The number of amides is 2. The predicted octanol–water partition coefficient (Wildman–Crippen LogP) is 0.698. The number of carboxylic acid groups (broad SMARTS) is 1. The van der Waals surface area contributed by atoms with E-state index in [4.69, 9.17) is 5.11 Å². The summed E-state index contributed by atoms with van der Waals surface area (Å²) in [6.07, 6.45) is 4.60. The van der Waals surface area contributed by atoms with Crippen LogP contribution in [0.2, 0.25) is 0 Å². The van der Waals surface area contributed by atoms with Crippen LogP contribution >= 0.6 is 0 Å². The highest BCUT2D eigenvalue weighted by Crippen LogP contribution is 2.19. The van der Waals surface area contributed by atoms with Crippen LogP contribution < -0.4 is 5.32 Å². The molecule has 1 saturated heterocycles. The van der Waals surface area contributed by atoms with Crippen LogP contribution in [0.25, 0.3) is 0 Å². The minimum Gasteiger partial charge on any atom is -0.481 e. The van der Waals surface area contributed by atoms with Gasteiger partial charge in [0.15, 0.2) is 0 Å². The van der Waals surface area contributed by atoms with Crippen LogP contribution in [0.3, 0.4) is 0 Å². The van der Waals surface area contributed by atoms with Crippen LogP contribution in [0.5, 0.6) is 0 Å². The Morgan fingerprint density at radius 2 is 2.35 bits per heavy atom. The lowest BCUT2D eigenvalue weighted by Gasteiger charge is -2.17. The van der Waals surface area contributed by atoms with Crippen molar-refractivity contribution in [1.82, 2.24) is 20.0 Å². The van der Waals surface area contributed by atoms with Crippen LogP contribution in [0.1, 0.15) is 18.4 Å². The zero-order valence-electron chi connectivity index (χ0n) is 11.6. The number of aromatic nitrogens is 2. The van der Waals surface area contributed by atoms with Crippen LogP contribution in [-0.4, -0.2) is 51.4 Å². The third-order valence-corrected chi connectivity index (χ3v) is 3.42. The molecule has 0 radical (unpaired) electrons. The zero-order chi connectivity index (χ0) is 14.5. The van der Waals surface area contributed by atoms with Gasteiger partial charge in [-0.3, -0.25) is 9.48 Å². The fourth-order valence-electron chi connectivity index (χ4n) is 2.41. The van der Waals surface area contributed by atoms with Gasteiger partial charge in [-0.15, -0.1) is 0 Å². The van der Waals surface area contributed by atoms with E-state index in [-0.39, 0.29) is 18.4 Å². The fourth-order valence-corrected chi connectivity index (χ4v) is 2.41. The van der Waals surface area contributed by atoms with Gasteiger partial charge in [0, 0.05) is 32.3 Å². The molecule has 2 rings (SSSR count). The summed E-state index contributed by atoms with van der Waals surface area (Å²) in [7, 11) is 0. The Hall–Kier alpha value is -2.05. The Labute approximate surface area is 117 Å². The number of hydrogen-bond donors (Lipinski definition) is 2. The van der Waals surface area contributed by atoms with E-state index in [0.29, 0.717) is 26.2 Å². The van der Waals surface area contributed by atoms with E-state index < -0.39 is 5.97 Å². The van der Waals surface area contributed by atoms with Crippen molar-refractivity contribution in [1.29, 1.82) is 0 Å². The van der Waals surface area contributed by atoms with Crippen molar-refractivity contribution in [3.05, 3.63) is 18.0 Å². The molecule has 1 fully saturated rings. The summed E-state index contributed by atoms with van der Waals surface area (Å²) in [5, 5.41) is 15.7. The molecule has 110 valence electrons. The number of carbonyl (C=O) groups excluding carboxylic acids is 1. The molecule has 0 saturated carbocycles. The van der Waals surface area contributed by atoms with Crippen molar-refractivity contribution in [2.24, 2.45) is 5.92 Å². The minimum atomic E-state index is -0.800. The molecule has 1 atom stereocenters. The van der Waals surface area contributed by atoms with Gasteiger partial charge >= 0.3 is 12.0 Å². The fraction of sp³-hybridized carbons (Fsp3) is 0.615. The molecule has 1 aromatic heterocycles. The molecule has 20 heavy (non-hydrogen) atoms. The quantitative estimate of drug-likeness (QED) is 0.831. The average Bonchev–Trinajstić information content (AvgIpc) is 2.98. The number of aryl methyl sites for hydroxylation is 1. The van der Waals surface area contributed by atoms with E-state index in [1.807, 2.05) is 13.1 Å². The number of nitrogens with zero attached hydrogens (tertiary/aromatic N) is 3. The van der Waals surface area contributed by atoms with Gasteiger partial charge in [0.2, 0.25) is 0 Å². The highest BCUT2D eigenvalue weighted by molar-refractivity contribution is 5.74. The predicted molar refractivity (Wildman–Crippen MR) is 72.3 cm³/mol. The molecular weight excluding hydrogens is 260 g/mol. The lowest BCUT2D eigenvalue weighted by Crippen LogP contribution is -2.39. The van der Waals surface area contributed by atoms with Gasteiger partial charge in [0.05, 0.1) is 12.7 Å². The summed E-state index contributed by atoms with van der Waals surface area (Å²) in [6, 6.07) is -0.123. The summed E-state index contributed by atoms with van der Waals surface area (Å²) < 4.78 is 1.78. The van der Waals surface area contributed by atoms with E-state index in [9.17, 15) is 9.59 Å². The first-order valence-electron chi connectivity index (χ1n) is 6.78. The Morgan fingerprint density at radius 1 is 1.55 bits per heavy atom. The number of carbonyl (C=O) groups is 2. The van der Waals surface area contributed by atoms with Crippen molar-refractivity contribution in [2.75, 3.05) is 19.6 Å². The second-order valence-corrected chi connectivity index (χ2v) is 5.21. The highest BCUT2D eigenvalue weighted by Gasteiger charge is 2.27. The zero-order valence-corrected chi connectivity index (χ0v) is 11.6. The van der Waals surface area contributed by atoms with Gasteiger partial charge in [0.1, 0.15) is 0 Å². The monoisotopic (exact) mass is 280 g/mol. The number of nitrogens with one attached hydrogen (secondary N) is 1. The van der Waals surface area contributed by atoms with Crippen molar-refractivity contribution in [3.8, 4) is 0 Å². The van der Waals surface area contributed by atoms with Crippen LogP contribution in [0.4, 0.5) is 4.79 Å². The molecule has 1 aromatic rings. The molecule has 7 nitrogen and oxygen atoms in total. The van der Waals surface area contributed by atoms with E-state index in [2.05, 4.69) is 10.4 Å². The van der Waals surface area contributed by atoms with E-state index in [1.54, 1.807) is 15.8 Å². The van der Waals surface area contributed by atoms with Crippen molar-refractivity contribution in [2.45, 2.75) is 26.3 Å². The normalized spacial score (nSPS) is 18.2. The molecule has 0 aliphatic carbocycles. The molecule has 7 heteroatoms. The summed E-state index contributed by atoms with van der Waals surface area (Å²) in [5.74, 6) is -0.724. The average molecular weight is 280 g/mol. The first-order valence-corrected chi connectivity index (χ1v) is 6.78. The third kappa shape index (κ3) is 3.97. The minimum absolute atomic E-state index is 0.0759. The van der Waals surface area contributed by atoms with Crippen molar-refractivity contribution < 1.29 is 14.7 Å². The highest BCUT2D eigenvalue weighted by atomic mass is 16.4. The molecule has 1 aliphatic heterocycles. The summed E-state index contributed by atoms with van der Waals surface area (Å²) >= 11 is 0. The van der Waals surface area contributed by atoms with Gasteiger partial charge in [-0.05, 0) is 24.8 Å². The molecule has 0 aromatic carbocycles. The number of carboxylic acids is 1. The molecular formula is C13H20N4O3. The lowest BCUT2D eigenvalue weighted by molar-refractivity contribution is -0.138. The first kappa shape index (κ1) is 14.4. The Kier molecular flexibility index (Phi) is 4.60. The van der Waals surface area contributed by atoms with E-state index in [1.165, 1.54) is 0 Å². The molecule has 2 amide bonds. The third-order valence-electron chi connectivity index (χ3n) is 3.42. The molecule has 0 spiro atoms. The number of likely N-dealkylation sites (tertiary alicyclic amines) is 1. The summed E-state index contributed by atoms with van der Waals surface area (Å²) in [5.41, 5.74) is 1.09. The number of aliphatic carboxylic acids is 1. The van der Waals surface area contributed by atoms with Gasteiger partial charge < -0.3 is 15.3 Å².